The van der Waals surface area contributed by atoms with E-state index in [2.05, 4.69) is 38.1 Å². The fourth-order valence-corrected chi connectivity index (χ4v) is 3.88. The van der Waals surface area contributed by atoms with Crippen molar-refractivity contribution in [2.24, 2.45) is 5.92 Å². The van der Waals surface area contributed by atoms with Gasteiger partial charge in [0.15, 0.2) is 0 Å². The van der Waals surface area contributed by atoms with Crippen LogP contribution < -0.4 is 4.90 Å². The Hall–Kier alpha value is -1.61. The highest BCUT2D eigenvalue weighted by molar-refractivity contribution is 5.94. The number of benzene rings is 1. The molecule has 0 aromatic heterocycles. The number of hydrogen-bond donors (Lipinski definition) is 0. The van der Waals surface area contributed by atoms with Crippen molar-refractivity contribution in [1.29, 1.82) is 0 Å². The van der Waals surface area contributed by atoms with Crippen LogP contribution in [0.15, 0.2) is 24.3 Å². The van der Waals surface area contributed by atoms with Gasteiger partial charge in [0.1, 0.15) is 0 Å². The van der Waals surface area contributed by atoms with Gasteiger partial charge >= 0.3 is 0 Å². The van der Waals surface area contributed by atoms with Crippen molar-refractivity contribution in [1.82, 2.24) is 0 Å². The zero-order chi connectivity index (χ0) is 15.7. The molecule has 0 radical (unpaired) electrons. The average Bonchev–Trinajstić information content (AvgIpc) is 2.53. The van der Waals surface area contributed by atoms with Crippen LogP contribution in [0.3, 0.4) is 0 Å². The summed E-state index contributed by atoms with van der Waals surface area (Å²) in [5.41, 5.74) is 5.06. The lowest BCUT2D eigenvalue weighted by Gasteiger charge is -2.40. The van der Waals surface area contributed by atoms with E-state index in [4.69, 9.17) is 4.74 Å². The molecule has 118 valence electrons. The molecule has 3 nitrogen and oxygen atoms in total. The monoisotopic (exact) mass is 299 g/mol. The molecule has 0 saturated heterocycles. The van der Waals surface area contributed by atoms with Gasteiger partial charge in [0.2, 0.25) is 5.91 Å². The molecule has 1 unspecified atom stereocenters. The minimum absolute atomic E-state index is 0.151. The van der Waals surface area contributed by atoms with Gasteiger partial charge in [-0.15, -0.1) is 0 Å². The SMILES string of the molecule is CC[C@H]1C(C)Cc2cc(C3=CCOCC3)ccc2N1C(C)=O. The van der Waals surface area contributed by atoms with Crippen molar-refractivity contribution < 1.29 is 9.53 Å². The largest absolute Gasteiger partial charge is 0.377 e. The normalized spacial score (nSPS) is 24.7. The fraction of sp³-hybridized carbons (Fsp3) is 0.526. The molecule has 2 aliphatic heterocycles. The highest BCUT2D eigenvalue weighted by atomic mass is 16.5. The van der Waals surface area contributed by atoms with E-state index in [1.165, 1.54) is 16.7 Å². The third-order valence-corrected chi connectivity index (χ3v) is 4.96. The summed E-state index contributed by atoms with van der Waals surface area (Å²) < 4.78 is 5.40. The third kappa shape index (κ3) is 2.70. The van der Waals surface area contributed by atoms with Crippen LogP contribution in [0, 0.1) is 5.92 Å². The molecule has 1 amide bonds. The summed E-state index contributed by atoms with van der Waals surface area (Å²) in [6, 6.07) is 6.90. The molecular formula is C19H25NO2. The first kappa shape index (κ1) is 15.3. The standard InChI is InChI=1S/C19H25NO2/c1-4-18-13(2)11-17-12-16(15-7-9-22-10-8-15)5-6-19(17)20(18)14(3)21/h5-7,12-13,18H,4,8-11H2,1-3H3/t13?,18-/m0/s1. The molecular weight excluding hydrogens is 274 g/mol. The van der Waals surface area contributed by atoms with E-state index in [-0.39, 0.29) is 5.91 Å². The van der Waals surface area contributed by atoms with Crippen LogP contribution in [-0.4, -0.2) is 25.2 Å². The number of ether oxygens (including phenoxy) is 1. The number of nitrogens with zero attached hydrogens (tertiary/aromatic N) is 1. The topological polar surface area (TPSA) is 29.5 Å². The lowest BCUT2D eigenvalue weighted by molar-refractivity contribution is -0.117. The van der Waals surface area contributed by atoms with Crippen molar-refractivity contribution in [3.05, 3.63) is 35.4 Å². The van der Waals surface area contributed by atoms with Crippen LogP contribution in [0.4, 0.5) is 5.69 Å². The van der Waals surface area contributed by atoms with Gasteiger partial charge in [-0.05, 0) is 54.0 Å². The molecule has 0 saturated carbocycles. The summed E-state index contributed by atoms with van der Waals surface area (Å²) in [6.45, 7) is 7.62. The van der Waals surface area contributed by atoms with Gasteiger partial charge in [0, 0.05) is 18.7 Å². The van der Waals surface area contributed by atoms with E-state index in [1.807, 2.05) is 4.90 Å². The number of anilines is 1. The Morgan fingerprint density at radius 3 is 2.86 bits per heavy atom. The minimum atomic E-state index is 0.151. The maximum absolute atomic E-state index is 12.2. The Morgan fingerprint density at radius 2 is 2.23 bits per heavy atom. The first-order valence-corrected chi connectivity index (χ1v) is 8.31. The van der Waals surface area contributed by atoms with E-state index in [0.29, 0.717) is 18.6 Å². The van der Waals surface area contributed by atoms with E-state index >= 15 is 0 Å². The predicted molar refractivity (Wildman–Crippen MR) is 90.0 cm³/mol. The number of carbonyl (C=O) groups is 1. The molecule has 0 fully saturated rings. The van der Waals surface area contributed by atoms with Crippen LogP contribution >= 0.6 is 0 Å². The Morgan fingerprint density at radius 1 is 1.41 bits per heavy atom. The van der Waals surface area contributed by atoms with Crippen LogP contribution in [0.5, 0.6) is 0 Å². The fourth-order valence-electron chi connectivity index (χ4n) is 3.88. The summed E-state index contributed by atoms with van der Waals surface area (Å²) in [6.07, 6.45) is 5.21. The van der Waals surface area contributed by atoms with Crippen LogP contribution in [0.25, 0.3) is 5.57 Å². The minimum Gasteiger partial charge on any atom is -0.377 e. The molecule has 0 bridgehead atoms. The van der Waals surface area contributed by atoms with Crippen molar-refractivity contribution in [3.63, 3.8) is 0 Å². The average molecular weight is 299 g/mol. The molecule has 2 heterocycles. The number of rotatable bonds is 2. The second kappa shape index (κ2) is 6.25. The molecule has 0 N–H and O–H groups in total. The van der Waals surface area contributed by atoms with E-state index in [1.54, 1.807) is 6.92 Å². The summed E-state index contributed by atoms with van der Waals surface area (Å²) in [5, 5.41) is 0. The van der Waals surface area contributed by atoms with Crippen LogP contribution in [-0.2, 0) is 16.0 Å². The Bertz CT molecular complexity index is 605. The molecule has 1 aromatic rings. The predicted octanol–water partition coefficient (Wildman–Crippen LogP) is 3.81. The van der Waals surface area contributed by atoms with Gasteiger partial charge in [0.25, 0.3) is 0 Å². The molecule has 3 rings (SSSR count). The summed E-state index contributed by atoms with van der Waals surface area (Å²) >= 11 is 0. The van der Waals surface area contributed by atoms with Gasteiger partial charge in [-0.3, -0.25) is 4.79 Å². The maximum Gasteiger partial charge on any atom is 0.224 e. The lowest BCUT2D eigenvalue weighted by Crippen LogP contribution is -2.46. The van der Waals surface area contributed by atoms with E-state index in [0.717, 1.165) is 31.6 Å². The molecule has 0 aliphatic carbocycles. The summed E-state index contributed by atoms with van der Waals surface area (Å²) in [7, 11) is 0. The lowest BCUT2D eigenvalue weighted by atomic mass is 9.84. The number of carbonyl (C=O) groups excluding carboxylic acids is 1. The van der Waals surface area contributed by atoms with Crippen LogP contribution in [0.2, 0.25) is 0 Å². The zero-order valence-corrected chi connectivity index (χ0v) is 13.8. The highest BCUT2D eigenvalue weighted by Gasteiger charge is 2.33. The summed E-state index contributed by atoms with van der Waals surface area (Å²) in [5.74, 6) is 0.651. The van der Waals surface area contributed by atoms with Crippen molar-refractivity contribution in [2.75, 3.05) is 18.1 Å². The number of amides is 1. The second-order valence-electron chi connectivity index (χ2n) is 6.44. The molecule has 22 heavy (non-hydrogen) atoms. The molecule has 0 spiro atoms. The maximum atomic E-state index is 12.2. The Kier molecular flexibility index (Phi) is 4.34. The molecule has 3 heteroatoms. The zero-order valence-electron chi connectivity index (χ0n) is 13.8. The van der Waals surface area contributed by atoms with Crippen molar-refractivity contribution in [2.45, 2.75) is 46.1 Å². The number of fused-ring (bicyclic) bond motifs is 1. The van der Waals surface area contributed by atoms with Crippen LogP contribution in [0.1, 0.15) is 44.7 Å². The second-order valence-corrected chi connectivity index (χ2v) is 6.44. The van der Waals surface area contributed by atoms with Gasteiger partial charge < -0.3 is 9.64 Å². The molecule has 2 aliphatic rings. The quantitative estimate of drug-likeness (QED) is 0.831. The number of hydrogen-bond acceptors (Lipinski definition) is 2. The highest BCUT2D eigenvalue weighted by Crippen LogP contribution is 2.37. The van der Waals surface area contributed by atoms with E-state index in [9.17, 15) is 4.79 Å². The smallest absolute Gasteiger partial charge is 0.224 e. The molecule has 2 atom stereocenters. The van der Waals surface area contributed by atoms with E-state index < -0.39 is 0 Å². The Labute approximate surface area is 133 Å². The van der Waals surface area contributed by atoms with Gasteiger partial charge in [-0.1, -0.05) is 26.0 Å². The molecule has 1 aromatic carbocycles. The van der Waals surface area contributed by atoms with Crippen molar-refractivity contribution >= 4 is 17.2 Å². The van der Waals surface area contributed by atoms with Gasteiger partial charge in [0.05, 0.1) is 13.2 Å². The van der Waals surface area contributed by atoms with Gasteiger partial charge in [-0.25, -0.2) is 0 Å². The van der Waals surface area contributed by atoms with Gasteiger partial charge in [-0.2, -0.15) is 0 Å². The third-order valence-electron chi connectivity index (χ3n) is 4.96. The van der Waals surface area contributed by atoms with Crippen molar-refractivity contribution in [3.8, 4) is 0 Å². The first-order chi connectivity index (χ1) is 10.6. The first-order valence-electron chi connectivity index (χ1n) is 8.31. The summed E-state index contributed by atoms with van der Waals surface area (Å²) in [4.78, 5) is 14.2. The Balaban J connectivity index is 2.00.